The van der Waals surface area contributed by atoms with Gasteiger partial charge in [0.1, 0.15) is 71.9 Å². The highest BCUT2D eigenvalue weighted by atomic mass is 35.5. The molecule has 3 aromatic heterocycles. The van der Waals surface area contributed by atoms with Crippen LogP contribution in [-0.4, -0.2) is 125 Å². The lowest BCUT2D eigenvalue weighted by Gasteiger charge is -2.35. The molecule has 0 saturated carbocycles. The summed E-state index contributed by atoms with van der Waals surface area (Å²) in [5, 5.41) is 1.13. The molecule has 4 bridgehead atoms. The fraction of sp³-hybridized carbons (Fsp3) is 0.397. The van der Waals surface area contributed by atoms with E-state index in [1.54, 1.807) is 51.2 Å². The van der Waals surface area contributed by atoms with Crippen LogP contribution in [0.4, 0.5) is 4.39 Å². The monoisotopic (exact) mass is 1110 g/mol. The van der Waals surface area contributed by atoms with Gasteiger partial charge in [0, 0.05) is 66.9 Å². The predicted molar refractivity (Wildman–Crippen MR) is 294 cm³/mol. The minimum absolute atomic E-state index is 0.0381. The van der Waals surface area contributed by atoms with E-state index in [2.05, 4.69) is 21.8 Å². The van der Waals surface area contributed by atoms with Gasteiger partial charge in [-0.05, 0) is 138 Å². The molecule has 0 spiro atoms. The number of benzene rings is 4. The quantitative estimate of drug-likeness (QED) is 0.113. The lowest BCUT2D eigenvalue weighted by Crippen LogP contribution is -2.49. The first kappa shape index (κ1) is 54.2. The zero-order valence-electron chi connectivity index (χ0n) is 44.3. The Bertz CT molecular complexity index is 3250. The van der Waals surface area contributed by atoms with Crippen LogP contribution in [0.2, 0.25) is 10.0 Å². The summed E-state index contributed by atoms with van der Waals surface area (Å²) in [7, 11) is 2.11. The van der Waals surface area contributed by atoms with Crippen LogP contribution in [0.1, 0.15) is 57.0 Å². The number of fused-ring (bicyclic) bond motifs is 7. The van der Waals surface area contributed by atoms with Crippen molar-refractivity contribution in [2.24, 2.45) is 0 Å². The van der Waals surface area contributed by atoms with E-state index in [0.717, 1.165) is 36.6 Å². The summed E-state index contributed by atoms with van der Waals surface area (Å²) in [6.07, 6.45) is 1.06. The van der Waals surface area contributed by atoms with Crippen molar-refractivity contribution in [3.8, 4) is 61.8 Å². The third kappa shape index (κ3) is 12.6. The van der Waals surface area contributed by atoms with Crippen LogP contribution in [0.3, 0.4) is 0 Å². The van der Waals surface area contributed by atoms with Crippen LogP contribution >= 0.6 is 34.5 Å². The van der Waals surface area contributed by atoms with Gasteiger partial charge < -0.3 is 42.8 Å². The molecule has 0 unspecified atom stereocenters. The number of carbonyl (C=O) groups excluding carboxylic acids is 1. The van der Waals surface area contributed by atoms with E-state index < -0.39 is 29.6 Å². The molecule has 0 N–H and O–H groups in total. The number of rotatable bonds is 11. The van der Waals surface area contributed by atoms with Gasteiger partial charge in [-0.1, -0.05) is 35.3 Å². The molecule has 2 fully saturated rings. The first-order valence-electron chi connectivity index (χ1n) is 25.6. The van der Waals surface area contributed by atoms with E-state index in [4.69, 9.17) is 76.0 Å². The molecule has 11 rings (SSSR count). The highest BCUT2D eigenvalue weighted by Gasteiger charge is 2.35. The van der Waals surface area contributed by atoms with Crippen molar-refractivity contribution < 1.29 is 47.1 Å². The smallest absolute Gasteiger partial charge is 0.348 e. The summed E-state index contributed by atoms with van der Waals surface area (Å²) in [6.45, 7) is 18.0. The number of hydrogen-bond donors (Lipinski definition) is 0. The molecule has 4 aliphatic rings. The number of hydrogen-bond acceptors (Lipinski definition) is 16. The van der Waals surface area contributed by atoms with Crippen LogP contribution in [0, 0.1) is 19.7 Å². The van der Waals surface area contributed by atoms with E-state index in [-0.39, 0.29) is 37.4 Å². The van der Waals surface area contributed by atoms with Gasteiger partial charge in [0.05, 0.1) is 27.7 Å². The first-order valence-corrected chi connectivity index (χ1v) is 27.2. The maximum atomic E-state index is 14.6. The van der Waals surface area contributed by atoms with Crippen molar-refractivity contribution in [2.45, 2.75) is 91.2 Å². The number of carbonyl (C=O) groups is 1. The fourth-order valence-electron chi connectivity index (χ4n) is 9.58. The molecule has 15 nitrogen and oxygen atoms in total. The van der Waals surface area contributed by atoms with E-state index in [1.165, 1.54) is 29.8 Å². The predicted octanol–water partition coefficient (Wildman–Crippen LogP) is 11.4. The van der Waals surface area contributed by atoms with Crippen LogP contribution in [0.25, 0.3) is 43.2 Å². The van der Waals surface area contributed by atoms with Gasteiger partial charge in [0.25, 0.3) is 0 Å². The number of aromatic nitrogens is 4. The van der Waals surface area contributed by atoms with Gasteiger partial charge in [0.15, 0.2) is 17.4 Å². The molecule has 3 atom stereocenters. The van der Waals surface area contributed by atoms with E-state index >= 15 is 0 Å². The maximum absolute atomic E-state index is 14.6. The number of halogens is 3. The van der Waals surface area contributed by atoms with Crippen molar-refractivity contribution in [1.82, 2.24) is 29.7 Å². The summed E-state index contributed by atoms with van der Waals surface area (Å²) >= 11 is 16.2. The summed E-state index contributed by atoms with van der Waals surface area (Å²) in [5.41, 5.74) is 4.48. The van der Waals surface area contributed by atoms with Crippen molar-refractivity contribution in [3.05, 3.63) is 124 Å². The summed E-state index contributed by atoms with van der Waals surface area (Å²) in [5.74, 6) is 0.900. The average Bonchev–Trinajstić information content (AvgIpc) is 3.97. The SMILES string of the molecule is Cc1c(Cl)c2c(Cl)c(C)c1-c1c(-c3ccc(F)cc3)sc3ncnc(c13)O[C@@H](C(=O)OC(C)(C)C)Cc1cc(ccc1OCc1ccnc(-c3ccc(OC[C@H]4COC(C)(C)O4)cc3)n1)OC[C@@H](CN1CCN(C)CC1)O2. The molecule has 77 heavy (non-hydrogen) atoms. The Morgan fingerprint density at radius 1 is 0.857 bits per heavy atom. The van der Waals surface area contributed by atoms with Crippen LogP contribution in [-0.2, 0) is 32.0 Å². The van der Waals surface area contributed by atoms with Gasteiger partial charge in [-0.25, -0.2) is 29.1 Å². The van der Waals surface area contributed by atoms with Crippen molar-refractivity contribution >= 4 is 50.7 Å². The Morgan fingerprint density at radius 3 is 2.29 bits per heavy atom. The molecule has 404 valence electrons. The van der Waals surface area contributed by atoms with Gasteiger partial charge >= 0.3 is 5.97 Å². The molecule has 7 aromatic rings. The molecule has 0 radical (unpaired) electrons. The first-order chi connectivity index (χ1) is 36.8. The van der Waals surface area contributed by atoms with Crippen LogP contribution in [0.15, 0.2) is 85.3 Å². The molecule has 4 aromatic carbocycles. The molecule has 0 amide bonds. The average molecular weight is 1110 g/mol. The van der Waals surface area contributed by atoms with Crippen molar-refractivity contribution in [1.29, 1.82) is 0 Å². The van der Waals surface area contributed by atoms with E-state index in [0.29, 0.717) is 108 Å². The molecule has 19 heteroatoms. The van der Waals surface area contributed by atoms with Gasteiger partial charge in [-0.15, -0.1) is 11.3 Å². The fourth-order valence-corrected chi connectivity index (χ4v) is 11.2. The lowest BCUT2D eigenvalue weighted by atomic mass is 9.92. The minimum atomic E-state index is -1.28. The number of ether oxygens (including phenoxy) is 8. The second kappa shape index (κ2) is 22.7. The largest absolute Gasteiger partial charge is 0.491 e. The zero-order valence-corrected chi connectivity index (χ0v) is 46.6. The standard InChI is InChI=1S/C58H61Cl2FN6O9S/c1-33-46-34(2)50(60)51(49(33)59)73-42(27-67-23-21-66(8)22-24-67)29-70-41-17-18-44(71-28-39-19-20-62-53(65-39)36-11-15-40(16-12-36)69-30-43-31-72-58(6,7)75-43)37(25-41)26-45(56(68)76-57(3,4)5)74-54-48-47(46)52(77-55(48)64-32-63-54)35-9-13-38(61)14-10-35/h9-20,25,32,42-43,45H,21-24,26-31H2,1-8H3/t42-,43+,45-/m1/s1. The van der Waals surface area contributed by atoms with Gasteiger partial charge in [-0.2, -0.15) is 0 Å². The van der Waals surface area contributed by atoms with Crippen molar-refractivity contribution in [3.63, 3.8) is 0 Å². The Morgan fingerprint density at radius 2 is 1.58 bits per heavy atom. The second-order valence-corrected chi connectivity index (χ2v) is 22.7. The van der Waals surface area contributed by atoms with E-state index in [1.807, 2.05) is 64.1 Å². The van der Waals surface area contributed by atoms with E-state index in [9.17, 15) is 9.18 Å². The highest BCUT2D eigenvalue weighted by Crippen LogP contribution is 2.53. The number of esters is 1. The van der Waals surface area contributed by atoms with Crippen molar-refractivity contribution in [2.75, 3.05) is 59.6 Å². The number of piperazine rings is 1. The number of nitrogens with zero attached hydrogens (tertiary/aromatic N) is 6. The Balaban J connectivity index is 1.03. The molecular formula is C58H61Cl2FN6O9S. The molecule has 4 aliphatic heterocycles. The summed E-state index contributed by atoms with van der Waals surface area (Å²) in [6, 6.07) is 21.0. The Hall–Kier alpha value is -6.18. The lowest BCUT2D eigenvalue weighted by molar-refractivity contribution is -0.163. The van der Waals surface area contributed by atoms with Gasteiger partial charge in [0.2, 0.25) is 12.0 Å². The topological polar surface area (TPSA) is 149 Å². The third-order valence-corrected chi connectivity index (χ3v) is 15.5. The second-order valence-electron chi connectivity index (χ2n) is 21.0. The zero-order chi connectivity index (χ0) is 54.2. The normalized spacial score (nSPS) is 19.0. The number of thiophene rings is 1. The van der Waals surface area contributed by atoms with Crippen LogP contribution in [0.5, 0.6) is 28.9 Å². The summed E-state index contributed by atoms with van der Waals surface area (Å²) < 4.78 is 65.3. The highest BCUT2D eigenvalue weighted by molar-refractivity contribution is 7.22. The molecule has 7 heterocycles. The van der Waals surface area contributed by atoms with Crippen LogP contribution < -0.4 is 23.7 Å². The van der Waals surface area contributed by atoms with Gasteiger partial charge in [-0.3, -0.25) is 4.90 Å². The maximum Gasteiger partial charge on any atom is 0.348 e. The third-order valence-electron chi connectivity index (χ3n) is 13.5. The molecular weight excluding hydrogens is 1050 g/mol. The Labute approximate surface area is 461 Å². The summed E-state index contributed by atoms with van der Waals surface area (Å²) in [4.78, 5) is 39.4. The molecule has 0 aliphatic carbocycles. The molecule has 2 saturated heterocycles. The Kier molecular flexibility index (Phi) is 15.9. The number of likely N-dealkylation sites (N-methyl/N-ethyl adjacent to an activating group) is 1. The minimum Gasteiger partial charge on any atom is -0.491 e.